The van der Waals surface area contributed by atoms with Gasteiger partial charge in [0.05, 0.1) is 0 Å². The van der Waals surface area contributed by atoms with Crippen molar-refractivity contribution in [2.45, 2.75) is 24.6 Å². The number of hydrogen-bond acceptors (Lipinski definition) is 1. The monoisotopic (exact) mass is 345 g/mol. The van der Waals surface area contributed by atoms with Gasteiger partial charge in [-0.2, -0.15) is 0 Å². The van der Waals surface area contributed by atoms with Gasteiger partial charge in [-0.15, -0.1) is 0 Å². The van der Waals surface area contributed by atoms with Gasteiger partial charge >= 0.3 is 0 Å². The third-order valence-corrected chi connectivity index (χ3v) is 4.25. The van der Waals surface area contributed by atoms with Crippen molar-refractivity contribution in [3.05, 3.63) is 71.3 Å². The van der Waals surface area contributed by atoms with E-state index in [1.807, 2.05) is 30.3 Å². The van der Waals surface area contributed by atoms with Crippen molar-refractivity contribution in [1.29, 1.82) is 0 Å². The Hall–Kier alpha value is -1.61. The van der Waals surface area contributed by atoms with Gasteiger partial charge in [-0.3, -0.25) is 4.79 Å². The molecular weight excluding hydrogens is 326 g/mol. The van der Waals surface area contributed by atoms with Gasteiger partial charge < -0.3 is 5.32 Å². The van der Waals surface area contributed by atoms with Crippen molar-refractivity contribution in [3.63, 3.8) is 0 Å². The number of carbonyl (C=O) groups is 1. The fraction of sp³-hybridized carbons (Fsp3) is 0.278. The van der Waals surface area contributed by atoms with E-state index in [1.165, 1.54) is 11.1 Å². The first kappa shape index (κ1) is 15.8. The second-order valence-corrected chi connectivity index (χ2v) is 5.75. The van der Waals surface area contributed by atoms with E-state index in [4.69, 9.17) is 0 Å². The lowest BCUT2D eigenvalue weighted by molar-refractivity contribution is 0.0952. The highest BCUT2D eigenvalue weighted by molar-refractivity contribution is 9.08. The topological polar surface area (TPSA) is 29.1 Å². The molecule has 21 heavy (non-hydrogen) atoms. The van der Waals surface area contributed by atoms with E-state index in [0.717, 1.165) is 11.8 Å². The third-order valence-electron chi connectivity index (χ3n) is 3.60. The number of rotatable bonds is 6. The molecule has 0 bridgehead atoms. The minimum atomic E-state index is -0.00335. The molecule has 0 saturated carbocycles. The molecule has 110 valence electrons. The number of nitrogens with one attached hydrogen (secondary N) is 1. The molecule has 1 atom stereocenters. The highest BCUT2D eigenvalue weighted by atomic mass is 79.9. The van der Waals surface area contributed by atoms with E-state index in [-0.39, 0.29) is 5.91 Å². The number of alkyl halides is 1. The maximum absolute atomic E-state index is 12.0. The first-order chi connectivity index (χ1) is 10.2. The van der Waals surface area contributed by atoms with Crippen molar-refractivity contribution < 1.29 is 4.79 Å². The van der Waals surface area contributed by atoms with E-state index >= 15 is 0 Å². The van der Waals surface area contributed by atoms with E-state index in [0.29, 0.717) is 18.0 Å². The van der Waals surface area contributed by atoms with Crippen LogP contribution in [0.15, 0.2) is 54.6 Å². The summed E-state index contributed by atoms with van der Waals surface area (Å²) in [5.74, 6) is 0.443. The highest BCUT2D eigenvalue weighted by Crippen LogP contribution is 2.17. The SMILES string of the molecule is CC(CCNC(=O)c1ccc(CBr)cc1)c1ccccc1. The predicted molar refractivity (Wildman–Crippen MR) is 90.9 cm³/mol. The molecule has 1 N–H and O–H groups in total. The summed E-state index contributed by atoms with van der Waals surface area (Å²) in [5.41, 5.74) is 3.20. The summed E-state index contributed by atoms with van der Waals surface area (Å²) in [6, 6.07) is 18.1. The van der Waals surface area contributed by atoms with Crippen LogP contribution in [0.2, 0.25) is 0 Å². The molecule has 3 heteroatoms. The van der Waals surface area contributed by atoms with Crippen LogP contribution < -0.4 is 5.32 Å². The molecule has 0 radical (unpaired) electrons. The Morgan fingerprint density at radius 1 is 1.10 bits per heavy atom. The molecule has 0 heterocycles. The minimum Gasteiger partial charge on any atom is -0.352 e. The van der Waals surface area contributed by atoms with Crippen LogP contribution >= 0.6 is 15.9 Å². The minimum absolute atomic E-state index is 0.00335. The average Bonchev–Trinajstić information content (AvgIpc) is 2.55. The standard InChI is InChI=1S/C18H20BrNO/c1-14(16-5-3-2-4-6-16)11-12-20-18(21)17-9-7-15(13-19)8-10-17/h2-10,14H,11-13H2,1H3,(H,20,21). The van der Waals surface area contributed by atoms with Crippen molar-refractivity contribution in [2.24, 2.45) is 0 Å². The van der Waals surface area contributed by atoms with Crippen molar-refractivity contribution in [3.8, 4) is 0 Å². The summed E-state index contributed by atoms with van der Waals surface area (Å²) in [6.45, 7) is 2.88. The number of amides is 1. The summed E-state index contributed by atoms with van der Waals surface area (Å²) in [4.78, 5) is 12.0. The van der Waals surface area contributed by atoms with Gasteiger partial charge in [0.25, 0.3) is 5.91 Å². The maximum Gasteiger partial charge on any atom is 0.251 e. The maximum atomic E-state index is 12.0. The number of carbonyl (C=O) groups excluding carboxylic acids is 1. The fourth-order valence-corrected chi connectivity index (χ4v) is 2.57. The molecule has 0 aliphatic carbocycles. The smallest absolute Gasteiger partial charge is 0.251 e. The number of halogens is 1. The molecule has 0 spiro atoms. The molecule has 0 saturated heterocycles. The van der Waals surface area contributed by atoms with Crippen LogP contribution in [0, 0.1) is 0 Å². The van der Waals surface area contributed by atoms with Gasteiger partial charge in [0, 0.05) is 17.4 Å². The molecule has 2 nitrogen and oxygen atoms in total. The summed E-state index contributed by atoms with van der Waals surface area (Å²) in [6.07, 6.45) is 0.940. The molecule has 2 rings (SSSR count). The van der Waals surface area contributed by atoms with Gasteiger partial charge in [0.2, 0.25) is 0 Å². The summed E-state index contributed by atoms with van der Waals surface area (Å²) < 4.78 is 0. The van der Waals surface area contributed by atoms with Crippen molar-refractivity contribution in [1.82, 2.24) is 5.32 Å². The lowest BCUT2D eigenvalue weighted by Crippen LogP contribution is -2.25. The number of hydrogen-bond donors (Lipinski definition) is 1. The Balaban J connectivity index is 1.81. The van der Waals surface area contributed by atoms with Crippen molar-refractivity contribution >= 4 is 21.8 Å². The van der Waals surface area contributed by atoms with Crippen LogP contribution in [-0.2, 0) is 5.33 Å². The molecule has 2 aromatic carbocycles. The quantitative estimate of drug-likeness (QED) is 0.767. The summed E-state index contributed by atoms with van der Waals surface area (Å²) >= 11 is 3.40. The van der Waals surface area contributed by atoms with Crippen LogP contribution in [0.25, 0.3) is 0 Å². The van der Waals surface area contributed by atoms with E-state index in [2.05, 4.69) is 52.4 Å². The van der Waals surface area contributed by atoms with Crippen LogP contribution in [-0.4, -0.2) is 12.5 Å². The fourth-order valence-electron chi connectivity index (χ4n) is 2.20. The van der Waals surface area contributed by atoms with Gasteiger partial charge in [-0.25, -0.2) is 0 Å². The molecule has 1 unspecified atom stereocenters. The van der Waals surface area contributed by atoms with E-state index in [1.54, 1.807) is 0 Å². The Bertz CT molecular complexity index is 566. The normalized spacial score (nSPS) is 11.9. The van der Waals surface area contributed by atoms with Crippen LogP contribution in [0.3, 0.4) is 0 Å². The molecule has 1 amide bonds. The molecule has 2 aromatic rings. The van der Waals surface area contributed by atoms with Gasteiger partial charge in [-0.05, 0) is 35.6 Å². The average molecular weight is 346 g/mol. The van der Waals surface area contributed by atoms with E-state index in [9.17, 15) is 4.79 Å². The Labute approximate surface area is 134 Å². The van der Waals surface area contributed by atoms with Crippen molar-refractivity contribution in [2.75, 3.05) is 6.54 Å². The molecular formula is C18H20BrNO. The lowest BCUT2D eigenvalue weighted by Gasteiger charge is -2.12. The van der Waals surface area contributed by atoms with Gasteiger partial charge in [0.1, 0.15) is 0 Å². The van der Waals surface area contributed by atoms with Gasteiger partial charge in [-0.1, -0.05) is 65.3 Å². The highest BCUT2D eigenvalue weighted by Gasteiger charge is 2.07. The van der Waals surface area contributed by atoms with E-state index < -0.39 is 0 Å². The second-order valence-electron chi connectivity index (χ2n) is 5.19. The molecule has 0 aliphatic rings. The lowest BCUT2D eigenvalue weighted by atomic mass is 9.98. The first-order valence-electron chi connectivity index (χ1n) is 7.18. The third kappa shape index (κ3) is 4.71. The van der Waals surface area contributed by atoms with Gasteiger partial charge in [0.15, 0.2) is 0 Å². The summed E-state index contributed by atoms with van der Waals surface area (Å²) in [7, 11) is 0. The zero-order valence-corrected chi connectivity index (χ0v) is 13.8. The van der Waals surface area contributed by atoms with Crippen LogP contribution in [0.4, 0.5) is 0 Å². The molecule has 0 aliphatic heterocycles. The Kier molecular flexibility index (Phi) is 6.00. The Morgan fingerprint density at radius 2 is 1.76 bits per heavy atom. The largest absolute Gasteiger partial charge is 0.352 e. The zero-order valence-electron chi connectivity index (χ0n) is 12.2. The second kappa shape index (κ2) is 7.99. The number of benzene rings is 2. The first-order valence-corrected chi connectivity index (χ1v) is 8.31. The molecule has 0 aromatic heterocycles. The summed E-state index contributed by atoms with van der Waals surface area (Å²) in [5, 5.41) is 3.80. The molecule has 0 fully saturated rings. The zero-order chi connectivity index (χ0) is 15.1. The predicted octanol–water partition coefficient (Wildman–Crippen LogP) is 4.51. The Morgan fingerprint density at radius 3 is 2.38 bits per heavy atom. The van der Waals surface area contributed by atoms with Crippen LogP contribution in [0.1, 0.15) is 40.7 Å². The van der Waals surface area contributed by atoms with Crippen LogP contribution in [0.5, 0.6) is 0 Å².